The molecule has 0 aliphatic rings. The van der Waals surface area contributed by atoms with Crippen molar-refractivity contribution in [1.82, 2.24) is 4.98 Å². The van der Waals surface area contributed by atoms with Crippen LogP contribution in [0.2, 0.25) is 0 Å². The van der Waals surface area contributed by atoms with Crippen LogP contribution in [0.3, 0.4) is 0 Å². The monoisotopic (exact) mass is 130 g/mol. The molecule has 0 saturated heterocycles. The van der Waals surface area contributed by atoms with Gasteiger partial charge in [0.25, 0.3) is 0 Å². The zero-order valence-electron chi connectivity index (χ0n) is 12.5. The lowest BCUT2D eigenvalue weighted by Gasteiger charge is -1.99. The zero-order chi connectivity index (χ0) is 13.6. The Balaban J connectivity index is 3.71. The van der Waals surface area contributed by atoms with E-state index in [1.54, 1.807) is 0 Å². The Kier molecular flexibility index (Phi) is 0.344. The highest BCUT2D eigenvalue weighted by Crippen LogP contribution is 2.10. The van der Waals surface area contributed by atoms with Crippen molar-refractivity contribution in [2.24, 2.45) is 0 Å². The lowest BCUT2D eigenvalue weighted by atomic mass is 10.2. The van der Waals surface area contributed by atoms with E-state index in [1.165, 1.54) is 0 Å². The Morgan fingerprint density at radius 2 is 2.67 bits per heavy atom. The lowest BCUT2D eigenvalue weighted by Crippen LogP contribution is -1.93. The van der Waals surface area contributed by atoms with Gasteiger partial charge in [-0.25, -0.2) is 0 Å². The molecule has 1 heterocycles. The summed E-state index contributed by atoms with van der Waals surface area (Å²) in [4.78, 5) is 3.35. The maximum absolute atomic E-state index is 7.36. The molecule has 2 nitrogen and oxygen atoms in total. The van der Waals surface area contributed by atoms with E-state index in [2.05, 4.69) is 4.98 Å². The molecule has 1 aromatic heterocycles. The fourth-order valence-corrected chi connectivity index (χ4v) is 0.390. The highest BCUT2D eigenvalue weighted by atomic mass is 14.7. The molecule has 0 radical (unpaired) electrons. The summed E-state index contributed by atoms with van der Waals surface area (Å²) in [6.45, 7) is -5.58. The molecule has 2 N–H and O–H groups in total. The minimum absolute atomic E-state index is 0.531. The van der Waals surface area contributed by atoms with E-state index in [0.29, 0.717) is 0 Å². The molecular formula is C7H10N2. The van der Waals surface area contributed by atoms with Gasteiger partial charge in [-0.15, -0.1) is 0 Å². The van der Waals surface area contributed by atoms with Gasteiger partial charge in [-0.05, 0) is 25.3 Å². The summed E-state index contributed by atoms with van der Waals surface area (Å²) < 4.78 is 57.8. The van der Waals surface area contributed by atoms with Crippen LogP contribution in [-0.2, 0) is 0 Å². The van der Waals surface area contributed by atoms with Gasteiger partial charge in [-0.1, -0.05) is 0 Å². The van der Waals surface area contributed by atoms with Crippen molar-refractivity contribution in [2.45, 2.75) is 13.7 Å². The van der Waals surface area contributed by atoms with E-state index in [1.807, 2.05) is 0 Å². The Morgan fingerprint density at radius 1 is 1.78 bits per heavy atom. The molecular weight excluding hydrogens is 112 g/mol. The maximum Gasteiger partial charge on any atom is 0.0841 e. The van der Waals surface area contributed by atoms with Crippen molar-refractivity contribution in [3.05, 3.63) is 23.5 Å². The Labute approximate surface area is 66.0 Å². The largest absolute Gasteiger partial charge is 0.398 e. The van der Waals surface area contributed by atoms with Crippen LogP contribution in [0.15, 0.2) is 12.2 Å². The first-order valence-electron chi connectivity index (χ1n) is 6.24. The zero-order valence-corrected chi connectivity index (χ0v) is 4.52. The second kappa shape index (κ2) is 2.05. The third kappa shape index (κ3) is 1.02. The van der Waals surface area contributed by atoms with Gasteiger partial charge < -0.3 is 5.73 Å². The number of aryl methyl sites for hydroxylation is 1. The van der Waals surface area contributed by atoms with Crippen LogP contribution < -0.4 is 5.73 Å². The number of rotatable bonds is 0. The Hall–Kier alpha value is -1.05. The molecule has 0 aliphatic carbocycles. The van der Waals surface area contributed by atoms with Gasteiger partial charge in [0, 0.05) is 25.8 Å². The fourth-order valence-electron chi connectivity index (χ4n) is 0.390. The van der Waals surface area contributed by atoms with E-state index in [0.717, 1.165) is 0 Å². The van der Waals surface area contributed by atoms with Crippen molar-refractivity contribution in [3.63, 3.8) is 0 Å². The molecule has 1 rings (SSSR count). The van der Waals surface area contributed by atoms with Gasteiger partial charge in [0.05, 0.1) is 2.74 Å². The molecule has 0 bridgehead atoms. The summed E-state index contributed by atoms with van der Waals surface area (Å²) in [6, 6.07) is -0.580. The SMILES string of the molecule is [2H]c1nc(C([2H])([2H])[2H])c(C([2H])([2H])[2H])c(N)c1[2H]. The molecule has 48 valence electrons. The second-order valence-corrected chi connectivity index (χ2v) is 1.49. The molecule has 0 spiro atoms. The number of anilines is 1. The summed E-state index contributed by atoms with van der Waals surface area (Å²) in [5.41, 5.74) is 3.47. The number of nitrogens with two attached hydrogens (primary N) is 1. The van der Waals surface area contributed by atoms with Gasteiger partial charge >= 0.3 is 0 Å². The van der Waals surface area contributed by atoms with Crippen molar-refractivity contribution in [1.29, 1.82) is 0 Å². The smallest absolute Gasteiger partial charge is 0.0841 e. The Morgan fingerprint density at radius 3 is 3.33 bits per heavy atom. The molecule has 0 aromatic carbocycles. The number of hydrogen-bond donors (Lipinski definition) is 1. The molecule has 2 heteroatoms. The topological polar surface area (TPSA) is 38.9 Å². The van der Waals surface area contributed by atoms with Gasteiger partial charge in [0.1, 0.15) is 0 Å². The van der Waals surface area contributed by atoms with Crippen molar-refractivity contribution < 1.29 is 11.0 Å². The number of aromatic nitrogens is 1. The summed E-state index contributed by atoms with van der Waals surface area (Å²) in [5.74, 6) is 0. The van der Waals surface area contributed by atoms with Crippen LogP contribution in [0.1, 0.15) is 22.2 Å². The summed E-state index contributed by atoms with van der Waals surface area (Å²) in [5, 5.41) is 0. The summed E-state index contributed by atoms with van der Waals surface area (Å²) >= 11 is 0. The molecule has 0 saturated carbocycles. The van der Waals surface area contributed by atoms with E-state index < -0.39 is 42.9 Å². The second-order valence-electron chi connectivity index (χ2n) is 1.49. The first-order chi connectivity index (χ1) is 7.46. The van der Waals surface area contributed by atoms with Crippen molar-refractivity contribution in [3.8, 4) is 0 Å². The normalized spacial score (nSPS) is 25.3. The lowest BCUT2D eigenvalue weighted by molar-refractivity contribution is 1.15. The molecule has 0 aliphatic heterocycles. The molecule has 0 fully saturated rings. The van der Waals surface area contributed by atoms with Gasteiger partial charge in [0.15, 0.2) is 0 Å². The highest BCUT2D eigenvalue weighted by Gasteiger charge is 1.94. The van der Waals surface area contributed by atoms with Gasteiger partial charge in [0.2, 0.25) is 0 Å². The first kappa shape index (κ1) is 1.51. The van der Waals surface area contributed by atoms with Gasteiger partial charge in [-0.2, -0.15) is 0 Å². The van der Waals surface area contributed by atoms with Crippen LogP contribution in [-0.4, -0.2) is 4.98 Å². The molecule has 0 atom stereocenters. The predicted molar refractivity (Wildman–Crippen MR) is 38.1 cm³/mol. The van der Waals surface area contributed by atoms with Crippen LogP contribution >= 0.6 is 0 Å². The fraction of sp³-hybridized carbons (Fsp3) is 0.286. The van der Waals surface area contributed by atoms with Crippen LogP contribution in [0.25, 0.3) is 0 Å². The van der Waals surface area contributed by atoms with Crippen LogP contribution in [0, 0.1) is 13.7 Å². The number of nitrogen functional groups attached to an aromatic ring is 1. The molecule has 1 aromatic rings. The number of nitrogens with zero attached hydrogens (tertiary/aromatic N) is 1. The van der Waals surface area contributed by atoms with E-state index in [-0.39, 0.29) is 0 Å². The van der Waals surface area contributed by atoms with E-state index in [9.17, 15) is 0 Å². The molecule has 9 heavy (non-hydrogen) atoms. The van der Waals surface area contributed by atoms with Crippen molar-refractivity contribution >= 4 is 5.69 Å². The van der Waals surface area contributed by atoms with Crippen LogP contribution in [0.4, 0.5) is 5.69 Å². The van der Waals surface area contributed by atoms with Gasteiger partial charge in [-0.3, -0.25) is 4.98 Å². The Bertz CT molecular complexity index is 447. The van der Waals surface area contributed by atoms with Crippen LogP contribution in [0.5, 0.6) is 0 Å². The highest BCUT2D eigenvalue weighted by molar-refractivity contribution is 5.46. The summed E-state index contributed by atoms with van der Waals surface area (Å²) in [6.07, 6.45) is -0.651. The number of pyridine rings is 1. The molecule has 0 unspecified atom stereocenters. The van der Waals surface area contributed by atoms with Crippen molar-refractivity contribution in [2.75, 3.05) is 5.73 Å². The molecule has 0 amide bonds. The maximum atomic E-state index is 7.36. The van der Waals surface area contributed by atoms with E-state index in [4.69, 9.17) is 16.7 Å². The minimum atomic E-state index is -2.79. The van der Waals surface area contributed by atoms with E-state index >= 15 is 0 Å². The third-order valence-corrected chi connectivity index (χ3v) is 0.864. The predicted octanol–water partition coefficient (Wildman–Crippen LogP) is 1.28. The quantitative estimate of drug-likeness (QED) is 0.574. The average Bonchev–Trinajstić information content (AvgIpc) is 2.09. The first-order valence-corrected chi connectivity index (χ1v) is 2.24. The number of hydrogen-bond acceptors (Lipinski definition) is 2. The average molecular weight is 130 g/mol. The summed E-state index contributed by atoms with van der Waals surface area (Å²) in [7, 11) is 0. The minimum Gasteiger partial charge on any atom is -0.398 e. The third-order valence-electron chi connectivity index (χ3n) is 0.864. The standard InChI is InChI=1S/C7H10N2/c1-5-6(2)9-4-3-7(5)8/h3-4H,1-2H3,(H2,8,9)/i1D3,2D3,3D,4D.